The van der Waals surface area contributed by atoms with Crippen LogP contribution in [0.15, 0.2) is 24.7 Å². The van der Waals surface area contributed by atoms with Crippen LogP contribution in [0.1, 0.15) is 50.0 Å². The smallest absolute Gasteiger partial charge is 0.385 e. The molecule has 2 aliphatic carbocycles. The standard InChI is InChI=1S/C18H20F3N9/c1-2-22-13-9-14(23-10-12(13)18(19,20)21)26-16-27-15(28-29(16)11-3-4-11)17(5-6-17)30-24-7-8-25-30/h7-11H,2-6H2,1H3,(H2,22,23,26,27,28). The Morgan fingerprint density at radius 2 is 1.93 bits per heavy atom. The predicted octanol–water partition coefficient (Wildman–Crippen LogP) is 3.33. The van der Waals surface area contributed by atoms with Crippen molar-refractivity contribution in [2.75, 3.05) is 17.2 Å². The fraction of sp³-hybridized carbons (Fsp3) is 0.500. The molecule has 2 N–H and O–H groups in total. The van der Waals surface area contributed by atoms with E-state index in [0.29, 0.717) is 18.3 Å². The van der Waals surface area contributed by atoms with Gasteiger partial charge in [0.05, 0.1) is 29.7 Å². The third-order valence-electron chi connectivity index (χ3n) is 5.28. The van der Waals surface area contributed by atoms with Crippen LogP contribution in [-0.4, -0.2) is 41.3 Å². The molecular formula is C18H20F3N9. The zero-order chi connectivity index (χ0) is 20.9. The van der Waals surface area contributed by atoms with Crippen LogP contribution in [0.3, 0.4) is 0 Å². The molecule has 0 unspecified atom stereocenters. The van der Waals surface area contributed by atoms with Crippen molar-refractivity contribution in [2.45, 2.75) is 50.4 Å². The van der Waals surface area contributed by atoms with Crippen LogP contribution in [0, 0.1) is 0 Å². The summed E-state index contributed by atoms with van der Waals surface area (Å²) in [5, 5.41) is 19.0. The second kappa shape index (κ2) is 6.67. The molecule has 2 fully saturated rings. The fourth-order valence-corrected chi connectivity index (χ4v) is 3.45. The summed E-state index contributed by atoms with van der Waals surface area (Å²) in [6.45, 7) is 2.09. The first-order valence-electron chi connectivity index (χ1n) is 9.83. The maximum absolute atomic E-state index is 13.2. The summed E-state index contributed by atoms with van der Waals surface area (Å²) >= 11 is 0. The summed E-state index contributed by atoms with van der Waals surface area (Å²) in [5.41, 5.74) is -1.29. The average molecular weight is 419 g/mol. The van der Waals surface area contributed by atoms with Gasteiger partial charge in [-0.3, -0.25) is 0 Å². The van der Waals surface area contributed by atoms with Crippen molar-refractivity contribution in [3.05, 3.63) is 36.0 Å². The molecule has 158 valence electrons. The van der Waals surface area contributed by atoms with Gasteiger partial charge in [-0.15, -0.1) is 0 Å². The van der Waals surface area contributed by atoms with E-state index in [1.165, 1.54) is 6.07 Å². The number of hydrogen-bond acceptors (Lipinski definition) is 7. The lowest BCUT2D eigenvalue weighted by Gasteiger charge is -2.15. The van der Waals surface area contributed by atoms with Crippen LogP contribution in [-0.2, 0) is 11.7 Å². The molecule has 0 aliphatic heterocycles. The second-order valence-corrected chi connectivity index (χ2v) is 7.55. The first-order chi connectivity index (χ1) is 14.4. The molecule has 3 heterocycles. The molecule has 0 atom stereocenters. The third kappa shape index (κ3) is 3.25. The summed E-state index contributed by atoms with van der Waals surface area (Å²) in [5.74, 6) is 1.33. The number of halogens is 3. The minimum absolute atomic E-state index is 0.0281. The molecule has 2 saturated carbocycles. The first kappa shape index (κ1) is 18.8. The normalized spacial score (nSPS) is 17.7. The van der Waals surface area contributed by atoms with Gasteiger partial charge in [-0.05, 0) is 32.6 Å². The number of rotatable bonds is 7. The van der Waals surface area contributed by atoms with Gasteiger partial charge < -0.3 is 10.6 Å². The molecule has 0 bridgehead atoms. The van der Waals surface area contributed by atoms with E-state index < -0.39 is 17.3 Å². The van der Waals surface area contributed by atoms with Crippen LogP contribution < -0.4 is 10.6 Å². The van der Waals surface area contributed by atoms with E-state index in [-0.39, 0.29) is 17.5 Å². The van der Waals surface area contributed by atoms with Crippen LogP contribution in [0.4, 0.5) is 30.6 Å². The highest BCUT2D eigenvalue weighted by Crippen LogP contribution is 2.48. The SMILES string of the molecule is CCNc1cc(Nc2nc(C3(n4nccn4)CC3)nn2C2CC2)ncc1C(F)(F)F. The molecule has 9 nitrogen and oxygen atoms in total. The van der Waals surface area contributed by atoms with Crippen LogP contribution in [0.5, 0.6) is 0 Å². The first-order valence-corrected chi connectivity index (χ1v) is 9.83. The summed E-state index contributed by atoms with van der Waals surface area (Å²) in [6.07, 6.45) is 3.20. The number of hydrogen-bond donors (Lipinski definition) is 2. The van der Waals surface area contributed by atoms with Crippen LogP contribution in [0.2, 0.25) is 0 Å². The molecule has 0 aromatic carbocycles. The van der Waals surface area contributed by atoms with Gasteiger partial charge in [0.25, 0.3) is 0 Å². The van der Waals surface area contributed by atoms with Crippen molar-refractivity contribution >= 4 is 17.5 Å². The van der Waals surface area contributed by atoms with Gasteiger partial charge >= 0.3 is 6.18 Å². The highest BCUT2D eigenvalue weighted by atomic mass is 19.4. The van der Waals surface area contributed by atoms with Crippen molar-refractivity contribution in [3.63, 3.8) is 0 Å². The minimum atomic E-state index is -4.49. The summed E-state index contributed by atoms with van der Waals surface area (Å²) < 4.78 is 41.5. The van der Waals surface area contributed by atoms with E-state index in [1.54, 1.807) is 28.8 Å². The molecule has 0 amide bonds. The van der Waals surface area contributed by atoms with E-state index in [0.717, 1.165) is 31.9 Å². The van der Waals surface area contributed by atoms with E-state index in [1.807, 2.05) is 0 Å². The molecule has 3 aromatic heterocycles. The molecule has 5 rings (SSSR count). The average Bonchev–Trinajstić information content (AvgIpc) is 3.61. The third-order valence-corrected chi connectivity index (χ3v) is 5.28. The molecule has 0 spiro atoms. The van der Waals surface area contributed by atoms with Gasteiger partial charge in [0, 0.05) is 18.8 Å². The Hall–Kier alpha value is -3.18. The van der Waals surface area contributed by atoms with Crippen molar-refractivity contribution in [3.8, 4) is 0 Å². The largest absolute Gasteiger partial charge is 0.419 e. The molecule has 0 saturated heterocycles. The van der Waals surface area contributed by atoms with Gasteiger partial charge in [-0.2, -0.15) is 38.2 Å². The van der Waals surface area contributed by atoms with Gasteiger partial charge in [0.1, 0.15) is 11.4 Å². The summed E-state index contributed by atoms with van der Waals surface area (Å²) in [7, 11) is 0. The number of anilines is 3. The lowest BCUT2D eigenvalue weighted by molar-refractivity contribution is -0.137. The molecule has 0 radical (unpaired) electrons. The maximum atomic E-state index is 13.2. The van der Waals surface area contributed by atoms with E-state index >= 15 is 0 Å². The number of aromatic nitrogens is 7. The van der Waals surface area contributed by atoms with Crippen molar-refractivity contribution < 1.29 is 13.2 Å². The van der Waals surface area contributed by atoms with Crippen LogP contribution in [0.25, 0.3) is 0 Å². The molecule has 3 aromatic rings. The molecule has 30 heavy (non-hydrogen) atoms. The van der Waals surface area contributed by atoms with Crippen molar-refractivity contribution in [2.24, 2.45) is 0 Å². The Bertz CT molecular complexity index is 1050. The van der Waals surface area contributed by atoms with Crippen molar-refractivity contribution in [1.82, 2.24) is 34.7 Å². The summed E-state index contributed by atoms with van der Waals surface area (Å²) in [6, 6.07) is 1.57. The fourth-order valence-electron chi connectivity index (χ4n) is 3.45. The maximum Gasteiger partial charge on any atom is 0.419 e. The highest BCUT2D eigenvalue weighted by Gasteiger charge is 2.52. The lowest BCUT2D eigenvalue weighted by atomic mass is 10.2. The topological polar surface area (TPSA) is 98.4 Å². The Kier molecular flexibility index (Phi) is 4.19. The Morgan fingerprint density at radius 1 is 1.20 bits per heavy atom. The summed E-state index contributed by atoms with van der Waals surface area (Å²) in [4.78, 5) is 10.2. The zero-order valence-electron chi connectivity index (χ0n) is 16.2. The second-order valence-electron chi connectivity index (χ2n) is 7.55. The zero-order valence-corrected chi connectivity index (χ0v) is 16.2. The van der Waals surface area contributed by atoms with Gasteiger partial charge in [0.15, 0.2) is 5.82 Å². The number of nitrogens with zero attached hydrogens (tertiary/aromatic N) is 7. The number of alkyl halides is 3. The number of nitrogens with one attached hydrogen (secondary N) is 2. The van der Waals surface area contributed by atoms with Gasteiger partial charge in [0.2, 0.25) is 5.95 Å². The van der Waals surface area contributed by atoms with E-state index in [2.05, 4.69) is 30.8 Å². The molecule has 12 heteroatoms. The van der Waals surface area contributed by atoms with E-state index in [4.69, 9.17) is 5.10 Å². The highest BCUT2D eigenvalue weighted by molar-refractivity contribution is 5.61. The Morgan fingerprint density at radius 3 is 2.53 bits per heavy atom. The monoisotopic (exact) mass is 419 g/mol. The Balaban J connectivity index is 1.48. The molecular weight excluding hydrogens is 399 g/mol. The minimum Gasteiger partial charge on any atom is -0.385 e. The van der Waals surface area contributed by atoms with Gasteiger partial charge in [-0.1, -0.05) is 0 Å². The van der Waals surface area contributed by atoms with Gasteiger partial charge in [-0.25, -0.2) is 9.67 Å². The van der Waals surface area contributed by atoms with E-state index in [9.17, 15) is 13.2 Å². The Labute approximate surface area is 169 Å². The quantitative estimate of drug-likeness (QED) is 0.606. The molecule has 2 aliphatic rings. The van der Waals surface area contributed by atoms with Crippen LogP contribution >= 0.6 is 0 Å². The number of pyridine rings is 1. The van der Waals surface area contributed by atoms with Crippen molar-refractivity contribution in [1.29, 1.82) is 0 Å². The lowest BCUT2D eigenvalue weighted by Crippen LogP contribution is -2.23. The predicted molar refractivity (Wildman–Crippen MR) is 101 cm³/mol.